The van der Waals surface area contributed by atoms with Gasteiger partial charge in [-0.2, -0.15) is 0 Å². The van der Waals surface area contributed by atoms with E-state index >= 15 is 0 Å². The molecule has 0 radical (unpaired) electrons. The Balaban J connectivity index is 1.83. The van der Waals surface area contributed by atoms with Gasteiger partial charge in [0.2, 0.25) is 0 Å². The van der Waals surface area contributed by atoms with Crippen LogP contribution in [0.3, 0.4) is 0 Å². The molecule has 3 rings (SSSR count). The van der Waals surface area contributed by atoms with Gasteiger partial charge in [-0.25, -0.2) is 0 Å². The van der Waals surface area contributed by atoms with Gasteiger partial charge in [-0.3, -0.25) is 0 Å². The molecule has 0 aromatic heterocycles. The monoisotopic (exact) mass is 488 g/mol. The summed E-state index contributed by atoms with van der Waals surface area (Å²) in [6.45, 7) is -0.118. The van der Waals surface area contributed by atoms with E-state index < -0.39 is 105 Å². The molecule has 15 heteroatoms. The van der Waals surface area contributed by atoms with Gasteiger partial charge in [-0.05, 0) is 6.92 Å². The van der Waals surface area contributed by atoms with Crippen LogP contribution >= 0.6 is 0 Å². The summed E-state index contributed by atoms with van der Waals surface area (Å²) in [5.74, 6) is 0. The lowest BCUT2D eigenvalue weighted by atomic mass is 9.96. The molecule has 15 nitrogen and oxygen atoms in total. The first-order valence-corrected chi connectivity index (χ1v) is 10.4. The van der Waals surface area contributed by atoms with E-state index in [9.17, 15) is 51.1 Å². The van der Waals surface area contributed by atoms with Crippen molar-refractivity contribution in [1.82, 2.24) is 0 Å². The summed E-state index contributed by atoms with van der Waals surface area (Å²) in [4.78, 5) is 0. The van der Waals surface area contributed by atoms with Crippen molar-refractivity contribution in [2.75, 3.05) is 13.2 Å². The molecule has 1 unspecified atom stereocenters. The summed E-state index contributed by atoms with van der Waals surface area (Å²) in [5, 5.41) is 99.8. The molecular weight excluding hydrogens is 456 g/mol. The zero-order chi connectivity index (χ0) is 24.6. The first kappa shape index (κ1) is 27.0. The lowest BCUT2D eigenvalue weighted by Crippen LogP contribution is -2.66. The van der Waals surface area contributed by atoms with Gasteiger partial charge in [-0.15, -0.1) is 0 Å². The van der Waals surface area contributed by atoms with Gasteiger partial charge >= 0.3 is 0 Å². The summed E-state index contributed by atoms with van der Waals surface area (Å²) >= 11 is 0. The maximum atomic E-state index is 10.5. The Kier molecular flexibility index (Phi) is 8.99. The topological polar surface area (TPSA) is 248 Å². The normalized spacial score (nSPS) is 53.7. The minimum atomic E-state index is -1.89. The molecule has 3 aliphatic rings. The molecular formula is C18H32O15. The second-order valence-corrected chi connectivity index (χ2v) is 8.32. The van der Waals surface area contributed by atoms with Crippen molar-refractivity contribution >= 4 is 0 Å². The van der Waals surface area contributed by atoms with Gasteiger partial charge in [0, 0.05) is 0 Å². The van der Waals surface area contributed by atoms with Crippen molar-refractivity contribution in [2.24, 2.45) is 0 Å². The zero-order valence-electron chi connectivity index (χ0n) is 17.6. The predicted octanol–water partition coefficient (Wildman–Crippen LogP) is -6.55. The predicted molar refractivity (Wildman–Crippen MR) is 99.8 cm³/mol. The quantitative estimate of drug-likeness (QED) is 0.167. The van der Waals surface area contributed by atoms with Crippen LogP contribution in [0.4, 0.5) is 0 Å². The second kappa shape index (κ2) is 11.0. The van der Waals surface area contributed by atoms with E-state index in [1.165, 1.54) is 6.92 Å². The van der Waals surface area contributed by atoms with Crippen LogP contribution in [0.1, 0.15) is 6.92 Å². The molecule has 0 saturated carbocycles. The Labute approximate surface area is 187 Å². The number of hydrogen-bond donors (Lipinski definition) is 10. The van der Waals surface area contributed by atoms with Crippen molar-refractivity contribution in [3.05, 3.63) is 0 Å². The average Bonchev–Trinajstić information content (AvgIpc) is 2.80. The van der Waals surface area contributed by atoms with Crippen LogP contribution in [0.25, 0.3) is 0 Å². The SMILES string of the molecule is C[C@@H]1O[C@H](O[C@@H]2[C@H](O[C@@H]3O[C@H](CO)[C@@H](O)[C@H](O)[C@H]3O)[C@@H](O)C(O)O[C@@H]2CO)[C@@H](O)[C@H](O)[C@@H]1O. The third-order valence-electron chi connectivity index (χ3n) is 6.05. The summed E-state index contributed by atoms with van der Waals surface area (Å²) in [7, 11) is 0. The molecule has 0 spiro atoms. The van der Waals surface area contributed by atoms with Gasteiger partial charge in [0.1, 0.15) is 67.1 Å². The van der Waals surface area contributed by atoms with Crippen molar-refractivity contribution in [1.29, 1.82) is 0 Å². The van der Waals surface area contributed by atoms with E-state index in [0.29, 0.717) is 0 Å². The summed E-state index contributed by atoms with van der Waals surface area (Å²) < 4.78 is 26.9. The van der Waals surface area contributed by atoms with Crippen LogP contribution in [0.15, 0.2) is 0 Å². The lowest BCUT2D eigenvalue weighted by Gasteiger charge is -2.48. The van der Waals surface area contributed by atoms with E-state index in [2.05, 4.69) is 0 Å². The van der Waals surface area contributed by atoms with Crippen molar-refractivity contribution in [3.63, 3.8) is 0 Å². The van der Waals surface area contributed by atoms with E-state index in [-0.39, 0.29) is 0 Å². The zero-order valence-corrected chi connectivity index (χ0v) is 17.6. The molecule has 194 valence electrons. The van der Waals surface area contributed by atoms with Gasteiger partial charge in [0.25, 0.3) is 0 Å². The molecule has 3 heterocycles. The molecule has 0 aromatic rings. The van der Waals surface area contributed by atoms with Crippen LogP contribution < -0.4 is 0 Å². The highest BCUT2D eigenvalue weighted by Crippen LogP contribution is 2.32. The maximum Gasteiger partial charge on any atom is 0.187 e. The number of aliphatic hydroxyl groups is 10. The number of ether oxygens (including phenoxy) is 5. The molecule has 0 aliphatic carbocycles. The van der Waals surface area contributed by atoms with Crippen LogP contribution in [0, 0.1) is 0 Å². The van der Waals surface area contributed by atoms with E-state index in [4.69, 9.17) is 23.7 Å². The molecule has 3 fully saturated rings. The van der Waals surface area contributed by atoms with Crippen molar-refractivity contribution in [2.45, 2.75) is 99.0 Å². The van der Waals surface area contributed by atoms with Crippen molar-refractivity contribution in [3.8, 4) is 0 Å². The molecule has 0 aromatic carbocycles. The minimum Gasteiger partial charge on any atom is -0.394 e. The summed E-state index contributed by atoms with van der Waals surface area (Å²) in [5.41, 5.74) is 0. The van der Waals surface area contributed by atoms with E-state index in [0.717, 1.165) is 0 Å². The van der Waals surface area contributed by atoms with Crippen LogP contribution in [-0.2, 0) is 23.7 Å². The number of hydrogen-bond acceptors (Lipinski definition) is 15. The lowest BCUT2D eigenvalue weighted by molar-refractivity contribution is -0.382. The second-order valence-electron chi connectivity index (χ2n) is 8.32. The Morgan fingerprint density at radius 1 is 0.545 bits per heavy atom. The Morgan fingerprint density at radius 2 is 1.06 bits per heavy atom. The molecule has 15 atom stereocenters. The van der Waals surface area contributed by atoms with Gasteiger partial charge < -0.3 is 74.7 Å². The standard InChI is InChI=1S/C18H32O15/c1-4-7(21)9(23)11(25)17(29-4)32-14-6(3-20)30-16(28)13(27)15(14)33-18-12(26)10(24)8(22)5(2-19)31-18/h4-28H,2-3H2,1H3/t4-,5+,6+,7+,8+,9+,10-,11-,12+,13+,14-,15+,16?,17+,18-/m0/s1. The fourth-order valence-electron chi connectivity index (χ4n) is 3.99. The Hall–Kier alpha value is -0.600. The Bertz CT molecular complexity index is 624. The Morgan fingerprint density at radius 3 is 1.64 bits per heavy atom. The highest BCUT2D eigenvalue weighted by atomic mass is 16.8. The molecule has 3 aliphatic heterocycles. The van der Waals surface area contributed by atoms with Crippen LogP contribution in [-0.4, -0.2) is 156 Å². The third kappa shape index (κ3) is 5.32. The smallest absolute Gasteiger partial charge is 0.187 e. The van der Waals surface area contributed by atoms with Crippen LogP contribution in [0.5, 0.6) is 0 Å². The highest BCUT2D eigenvalue weighted by molar-refractivity contribution is 4.96. The van der Waals surface area contributed by atoms with Crippen LogP contribution in [0.2, 0.25) is 0 Å². The molecule has 3 saturated heterocycles. The molecule has 0 amide bonds. The fraction of sp³-hybridized carbons (Fsp3) is 1.00. The van der Waals surface area contributed by atoms with Gasteiger partial charge in [0.05, 0.1) is 19.3 Å². The van der Waals surface area contributed by atoms with Gasteiger partial charge in [-0.1, -0.05) is 0 Å². The first-order chi connectivity index (χ1) is 15.5. The molecule has 10 N–H and O–H groups in total. The fourth-order valence-corrected chi connectivity index (χ4v) is 3.99. The van der Waals surface area contributed by atoms with E-state index in [1.54, 1.807) is 0 Å². The average molecular weight is 488 g/mol. The van der Waals surface area contributed by atoms with Gasteiger partial charge in [0.15, 0.2) is 18.9 Å². The first-order valence-electron chi connectivity index (χ1n) is 10.4. The maximum absolute atomic E-state index is 10.5. The largest absolute Gasteiger partial charge is 0.394 e. The number of aliphatic hydroxyl groups excluding tert-OH is 10. The molecule has 0 bridgehead atoms. The minimum absolute atomic E-state index is 0.747. The third-order valence-corrected chi connectivity index (χ3v) is 6.05. The van der Waals surface area contributed by atoms with Crippen molar-refractivity contribution < 1.29 is 74.7 Å². The number of rotatable bonds is 6. The summed E-state index contributed by atoms with van der Waals surface area (Å²) in [6.07, 6.45) is -24.1. The van der Waals surface area contributed by atoms with E-state index in [1.807, 2.05) is 0 Å². The highest BCUT2D eigenvalue weighted by Gasteiger charge is 2.53. The molecule has 33 heavy (non-hydrogen) atoms. The summed E-state index contributed by atoms with van der Waals surface area (Å²) in [6, 6.07) is 0.